The van der Waals surface area contributed by atoms with E-state index in [1.807, 2.05) is 24.3 Å². The Hall–Kier alpha value is -0.530. The number of amides is 1. The molecule has 0 bridgehead atoms. The van der Waals surface area contributed by atoms with Crippen LogP contribution in [0.4, 0.5) is 0 Å². The van der Waals surface area contributed by atoms with E-state index in [2.05, 4.69) is 31.5 Å². The number of hydrogen-bond acceptors (Lipinski definition) is 4. The Balaban J connectivity index is 0.00000169. The fourth-order valence-electron chi connectivity index (χ4n) is 3.33. The molecule has 2 fully saturated rings. The summed E-state index contributed by atoms with van der Waals surface area (Å²) in [7, 11) is 0. The van der Waals surface area contributed by atoms with E-state index in [0.29, 0.717) is 12.6 Å². The van der Waals surface area contributed by atoms with E-state index in [0.717, 1.165) is 62.1 Å². The van der Waals surface area contributed by atoms with Gasteiger partial charge in [-0.15, -0.1) is 24.8 Å². The van der Waals surface area contributed by atoms with Crippen LogP contribution in [0.3, 0.4) is 0 Å². The summed E-state index contributed by atoms with van der Waals surface area (Å²) in [5.74, 6) is 1.09. The highest BCUT2D eigenvalue weighted by Gasteiger charge is 2.26. The molecule has 148 valence electrons. The lowest BCUT2D eigenvalue weighted by molar-refractivity contribution is -0.123. The highest BCUT2D eigenvalue weighted by molar-refractivity contribution is 9.10. The first-order chi connectivity index (χ1) is 11.7. The molecule has 2 aliphatic rings. The molecule has 2 N–H and O–H groups in total. The minimum atomic E-state index is 0. The number of benzene rings is 1. The Morgan fingerprint density at radius 3 is 2.50 bits per heavy atom. The lowest BCUT2D eigenvalue weighted by Crippen LogP contribution is -2.49. The molecule has 26 heavy (non-hydrogen) atoms. The highest BCUT2D eigenvalue weighted by atomic mass is 79.9. The van der Waals surface area contributed by atoms with E-state index >= 15 is 0 Å². The van der Waals surface area contributed by atoms with Crippen LogP contribution in [0.15, 0.2) is 28.7 Å². The summed E-state index contributed by atoms with van der Waals surface area (Å²) in [6.45, 7) is 4.64. The second kappa shape index (κ2) is 12.0. The SMILES string of the molecule is Cl.Cl.O=C(NC1CCN(CCOc2ccc(Br)cc2)CC1)C1CCCN1. The molecular formula is C18H28BrCl2N3O2. The fraction of sp³-hybridized carbons (Fsp3) is 0.611. The van der Waals surface area contributed by atoms with Crippen LogP contribution >= 0.6 is 40.7 Å². The number of nitrogens with one attached hydrogen (secondary N) is 2. The molecular weight excluding hydrogens is 441 g/mol. The maximum atomic E-state index is 12.1. The van der Waals surface area contributed by atoms with Gasteiger partial charge in [-0.25, -0.2) is 0 Å². The van der Waals surface area contributed by atoms with Crippen molar-refractivity contribution in [3.05, 3.63) is 28.7 Å². The zero-order chi connectivity index (χ0) is 16.8. The van der Waals surface area contributed by atoms with Crippen molar-refractivity contribution in [3.8, 4) is 5.75 Å². The first kappa shape index (κ1) is 23.5. The van der Waals surface area contributed by atoms with E-state index in [1.54, 1.807) is 0 Å². The monoisotopic (exact) mass is 467 g/mol. The molecule has 0 aliphatic carbocycles. The summed E-state index contributed by atoms with van der Waals surface area (Å²) in [6, 6.07) is 8.28. The third-order valence-electron chi connectivity index (χ3n) is 4.80. The number of hydrogen-bond donors (Lipinski definition) is 2. The summed E-state index contributed by atoms with van der Waals surface area (Å²) < 4.78 is 6.84. The topological polar surface area (TPSA) is 53.6 Å². The van der Waals surface area contributed by atoms with Crippen molar-refractivity contribution in [2.45, 2.75) is 37.8 Å². The average molecular weight is 469 g/mol. The number of ether oxygens (including phenoxy) is 1. The summed E-state index contributed by atoms with van der Waals surface area (Å²) >= 11 is 3.42. The third kappa shape index (κ3) is 7.24. The highest BCUT2D eigenvalue weighted by Crippen LogP contribution is 2.16. The van der Waals surface area contributed by atoms with Gasteiger partial charge < -0.3 is 15.4 Å². The fourth-order valence-corrected chi connectivity index (χ4v) is 3.60. The van der Waals surface area contributed by atoms with Gasteiger partial charge in [-0.05, 0) is 56.5 Å². The molecule has 3 rings (SSSR count). The molecule has 1 aromatic rings. The van der Waals surface area contributed by atoms with Gasteiger partial charge in [0.25, 0.3) is 0 Å². The lowest BCUT2D eigenvalue weighted by atomic mass is 10.0. The molecule has 2 aliphatic heterocycles. The quantitative estimate of drug-likeness (QED) is 0.673. The minimum Gasteiger partial charge on any atom is -0.492 e. The van der Waals surface area contributed by atoms with Crippen molar-refractivity contribution in [2.24, 2.45) is 0 Å². The average Bonchev–Trinajstić information content (AvgIpc) is 3.13. The van der Waals surface area contributed by atoms with Crippen molar-refractivity contribution < 1.29 is 9.53 Å². The summed E-state index contributed by atoms with van der Waals surface area (Å²) in [5.41, 5.74) is 0. The molecule has 1 amide bonds. The van der Waals surface area contributed by atoms with E-state index in [4.69, 9.17) is 4.74 Å². The number of piperidine rings is 1. The Kier molecular flexibility index (Phi) is 10.9. The molecule has 0 spiro atoms. The number of rotatable bonds is 6. The largest absolute Gasteiger partial charge is 0.492 e. The van der Waals surface area contributed by atoms with Crippen LogP contribution in [-0.4, -0.2) is 55.7 Å². The van der Waals surface area contributed by atoms with Gasteiger partial charge in [0.15, 0.2) is 0 Å². The van der Waals surface area contributed by atoms with Crippen molar-refractivity contribution in [2.75, 3.05) is 32.8 Å². The van der Waals surface area contributed by atoms with Crippen molar-refractivity contribution in [3.63, 3.8) is 0 Å². The molecule has 0 aromatic heterocycles. The van der Waals surface area contributed by atoms with Crippen LogP contribution < -0.4 is 15.4 Å². The van der Waals surface area contributed by atoms with Crippen LogP contribution in [-0.2, 0) is 4.79 Å². The molecule has 1 unspecified atom stereocenters. The second-order valence-electron chi connectivity index (χ2n) is 6.58. The van der Waals surface area contributed by atoms with Gasteiger partial charge in [-0.1, -0.05) is 15.9 Å². The molecule has 1 atom stereocenters. The van der Waals surface area contributed by atoms with Crippen LogP contribution in [0.1, 0.15) is 25.7 Å². The van der Waals surface area contributed by atoms with Crippen molar-refractivity contribution >= 4 is 46.7 Å². The molecule has 5 nitrogen and oxygen atoms in total. The minimum absolute atomic E-state index is 0. The van der Waals surface area contributed by atoms with E-state index < -0.39 is 0 Å². The number of carbonyl (C=O) groups is 1. The van der Waals surface area contributed by atoms with Crippen LogP contribution in [0.5, 0.6) is 5.75 Å². The first-order valence-corrected chi connectivity index (χ1v) is 9.64. The lowest BCUT2D eigenvalue weighted by Gasteiger charge is -2.32. The van der Waals surface area contributed by atoms with Gasteiger partial charge in [-0.3, -0.25) is 9.69 Å². The van der Waals surface area contributed by atoms with Crippen LogP contribution in [0.2, 0.25) is 0 Å². The third-order valence-corrected chi connectivity index (χ3v) is 5.33. The van der Waals surface area contributed by atoms with Gasteiger partial charge in [0.05, 0.1) is 6.04 Å². The van der Waals surface area contributed by atoms with Gasteiger partial charge in [-0.2, -0.15) is 0 Å². The predicted octanol–water partition coefficient (Wildman–Crippen LogP) is 3.00. The molecule has 2 saturated heterocycles. The first-order valence-electron chi connectivity index (χ1n) is 8.85. The summed E-state index contributed by atoms with van der Waals surface area (Å²) in [6.07, 6.45) is 4.13. The number of carbonyl (C=O) groups excluding carboxylic acids is 1. The molecule has 8 heteroatoms. The van der Waals surface area contributed by atoms with E-state index in [1.165, 1.54) is 0 Å². The molecule has 0 radical (unpaired) electrons. The molecule has 0 saturated carbocycles. The van der Waals surface area contributed by atoms with E-state index in [9.17, 15) is 4.79 Å². The number of halogens is 3. The maximum absolute atomic E-state index is 12.1. The number of nitrogens with zero attached hydrogens (tertiary/aromatic N) is 1. The summed E-state index contributed by atoms with van der Waals surface area (Å²) in [5, 5.41) is 6.46. The molecule has 2 heterocycles. The Morgan fingerprint density at radius 1 is 1.19 bits per heavy atom. The maximum Gasteiger partial charge on any atom is 0.237 e. The zero-order valence-electron chi connectivity index (χ0n) is 14.8. The van der Waals surface area contributed by atoms with Gasteiger partial charge in [0, 0.05) is 30.1 Å². The smallest absolute Gasteiger partial charge is 0.237 e. The van der Waals surface area contributed by atoms with Crippen molar-refractivity contribution in [1.29, 1.82) is 0 Å². The van der Waals surface area contributed by atoms with E-state index in [-0.39, 0.29) is 36.8 Å². The van der Waals surface area contributed by atoms with Crippen LogP contribution in [0, 0.1) is 0 Å². The standard InChI is InChI=1S/C18H26BrN3O2.2ClH/c19-14-3-5-16(6-4-14)24-13-12-22-10-7-15(8-11-22)21-18(23)17-2-1-9-20-17;;/h3-6,15,17,20H,1-2,7-13H2,(H,21,23);2*1H. The Labute approximate surface area is 176 Å². The van der Waals surface area contributed by atoms with Crippen molar-refractivity contribution in [1.82, 2.24) is 15.5 Å². The van der Waals surface area contributed by atoms with Gasteiger partial charge in [0.1, 0.15) is 12.4 Å². The van der Waals surface area contributed by atoms with Crippen LogP contribution in [0.25, 0.3) is 0 Å². The zero-order valence-corrected chi connectivity index (χ0v) is 18.0. The normalized spacial score (nSPS) is 20.7. The van der Waals surface area contributed by atoms with Gasteiger partial charge in [0.2, 0.25) is 5.91 Å². The Bertz CT molecular complexity index is 534. The van der Waals surface area contributed by atoms with Gasteiger partial charge >= 0.3 is 0 Å². The molecule has 1 aromatic carbocycles. The predicted molar refractivity (Wildman–Crippen MR) is 113 cm³/mol. The number of likely N-dealkylation sites (tertiary alicyclic amines) is 1. The summed E-state index contributed by atoms with van der Waals surface area (Å²) in [4.78, 5) is 14.5. The Morgan fingerprint density at radius 2 is 1.88 bits per heavy atom. The second-order valence-corrected chi connectivity index (χ2v) is 7.49.